The Labute approximate surface area is 111 Å². The van der Waals surface area contributed by atoms with Crippen molar-refractivity contribution in [3.8, 4) is 0 Å². The molecule has 0 aromatic rings. The summed E-state index contributed by atoms with van der Waals surface area (Å²) in [4.78, 5) is 0. The van der Waals surface area contributed by atoms with Crippen molar-refractivity contribution in [2.45, 2.75) is 90.3 Å². The average Bonchev–Trinajstić information content (AvgIpc) is 2.35. The lowest BCUT2D eigenvalue weighted by atomic mass is 10.1. The molecule has 0 fully saturated rings. The van der Waals surface area contributed by atoms with E-state index in [4.69, 9.17) is 0 Å². The minimum Gasteiger partial charge on any atom is -0.389 e. The van der Waals surface area contributed by atoms with Crippen molar-refractivity contribution in [2.75, 3.05) is 6.16 Å². The maximum absolute atomic E-state index is 9.41. The van der Waals surface area contributed by atoms with Gasteiger partial charge in [0.25, 0.3) is 0 Å². The summed E-state index contributed by atoms with van der Waals surface area (Å²) < 4.78 is 0. The summed E-state index contributed by atoms with van der Waals surface area (Å²) in [5, 5.41) is 9.41. The van der Waals surface area contributed by atoms with Gasteiger partial charge in [0, 0.05) is 0 Å². The number of rotatable bonds is 13. The van der Waals surface area contributed by atoms with Gasteiger partial charge in [0.15, 0.2) is 0 Å². The highest BCUT2D eigenvalue weighted by Gasteiger charge is 1.99. The number of aliphatic hydroxyl groups excluding tert-OH is 1. The van der Waals surface area contributed by atoms with Crippen molar-refractivity contribution in [2.24, 2.45) is 0 Å². The summed E-state index contributed by atoms with van der Waals surface area (Å²) in [6.07, 6.45) is 16.2. The second kappa shape index (κ2) is 14.5. The van der Waals surface area contributed by atoms with Crippen LogP contribution in [0.25, 0.3) is 0 Å². The number of unbranched alkanes of at least 4 members (excludes halogenated alkanes) is 9. The van der Waals surface area contributed by atoms with E-state index in [1.807, 2.05) is 0 Å². The van der Waals surface area contributed by atoms with E-state index in [9.17, 15) is 5.11 Å². The van der Waals surface area contributed by atoms with Gasteiger partial charge in [-0.05, 0) is 19.0 Å². The minimum atomic E-state index is -0.0198. The van der Waals surface area contributed by atoms with E-state index in [2.05, 4.69) is 13.8 Å². The number of hydrogen-bond acceptors (Lipinski definition) is 1. The first kappa shape index (κ1) is 17.4. The van der Waals surface area contributed by atoms with Gasteiger partial charge in [-0.3, -0.25) is 0 Å². The highest BCUT2D eigenvalue weighted by Crippen LogP contribution is 2.21. The van der Waals surface area contributed by atoms with Crippen molar-refractivity contribution in [1.82, 2.24) is 0 Å². The molecule has 0 aliphatic rings. The van der Waals surface area contributed by atoms with Crippen LogP contribution in [0, 0.1) is 0 Å². The minimum absolute atomic E-state index is 0.0198. The van der Waals surface area contributed by atoms with E-state index in [1.54, 1.807) is 0 Å². The first-order valence-electron chi connectivity index (χ1n) is 7.72. The van der Waals surface area contributed by atoms with Gasteiger partial charge in [0.05, 0.1) is 5.85 Å². The molecule has 0 amide bonds. The zero-order valence-electron chi connectivity index (χ0n) is 12.0. The highest BCUT2D eigenvalue weighted by molar-refractivity contribution is 7.38. The molecule has 0 bridgehead atoms. The van der Waals surface area contributed by atoms with Crippen LogP contribution >= 0.6 is 8.58 Å². The zero-order valence-corrected chi connectivity index (χ0v) is 13.0. The second-order valence-corrected chi connectivity index (χ2v) is 6.63. The Kier molecular flexibility index (Phi) is 14.8. The van der Waals surface area contributed by atoms with Crippen LogP contribution in [-0.2, 0) is 0 Å². The standard InChI is InChI=1S/C15H33OP/c1-3-5-6-7-8-9-10-11-12-13-14-17-15(16)4-2/h15-17H,3-14H2,1-2H3. The topological polar surface area (TPSA) is 20.2 Å². The molecule has 0 aliphatic heterocycles. The van der Waals surface area contributed by atoms with E-state index < -0.39 is 0 Å². The fourth-order valence-corrected chi connectivity index (χ4v) is 3.10. The third kappa shape index (κ3) is 14.3. The number of aliphatic hydroxyl groups is 1. The Hall–Kier alpha value is 0.390. The smallest absolute Gasteiger partial charge is 0.0699 e. The summed E-state index contributed by atoms with van der Waals surface area (Å²) in [6, 6.07) is 0. The lowest BCUT2D eigenvalue weighted by Crippen LogP contribution is -1.96. The summed E-state index contributed by atoms with van der Waals surface area (Å²) in [6.45, 7) is 4.34. The van der Waals surface area contributed by atoms with E-state index >= 15 is 0 Å². The highest BCUT2D eigenvalue weighted by atomic mass is 31.1. The molecular formula is C15H33OP. The van der Waals surface area contributed by atoms with E-state index in [0.29, 0.717) is 0 Å². The molecule has 2 unspecified atom stereocenters. The van der Waals surface area contributed by atoms with Crippen LogP contribution in [0.1, 0.15) is 84.5 Å². The second-order valence-electron chi connectivity index (χ2n) is 5.06. The van der Waals surface area contributed by atoms with E-state index in [-0.39, 0.29) is 5.85 Å². The lowest BCUT2D eigenvalue weighted by molar-refractivity contribution is 0.256. The normalized spacial score (nSPS) is 13.6. The maximum Gasteiger partial charge on any atom is 0.0699 e. The Morgan fingerprint density at radius 1 is 0.765 bits per heavy atom. The quantitative estimate of drug-likeness (QED) is 0.351. The van der Waals surface area contributed by atoms with Crippen LogP contribution in [0.3, 0.4) is 0 Å². The Morgan fingerprint density at radius 3 is 1.71 bits per heavy atom. The molecule has 1 nitrogen and oxygen atoms in total. The Morgan fingerprint density at radius 2 is 1.24 bits per heavy atom. The predicted molar refractivity (Wildman–Crippen MR) is 81.3 cm³/mol. The van der Waals surface area contributed by atoms with Gasteiger partial charge in [-0.1, -0.05) is 80.2 Å². The molecule has 0 aromatic carbocycles. The van der Waals surface area contributed by atoms with Crippen LogP contribution in [0.5, 0.6) is 0 Å². The number of hydrogen-bond donors (Lipinski definition) is 1. The predicted octanol–water partition coefficient (Wildman–Crippen LogP) is 5.31. The Balaban J connectivity index is 2.94. The lowest BCUT2D eigenvalue weighted by Gasteiger charge is -2.07. The fraction of sp³-hybridized carbons (Fsp3) is 1.00. The maximum atomic E-state index is 9.41. The van der Waals surface area contributed by atoms with Crippen LogP contribution in [0.2, 0.25) is 0 Å². The van der Waals surface area contributed by atoms with Gasteiger partial charge in [-0.25, -0.2) is 0 Å². The summed E-state index contributed by atoms with van der Waals surface area (Å²) in [7, 11) is 0.774. The molecule has 0 saturated carbocycles. The third-order valence-electron chi connectivity index (χ3n) is 3.30. The fourth-order valence-electron chi connectivity index (χ4n) is 2.03. The molecule has 0 rings (SSSR count). The average molecular weight is 260 g/mol. The molecule has 1 N–H and O–H groups in total. The van der Waals surface area contributed by atoms with Gasteiger partial charge in [0.2, 0.25) is 0 Å². The zero-order chi connectivity index (χ0) is 12.8. The van der Waals surface area contributed by atoms with Crippen LogP contribution in [0.15, 0.2) is 0 Å². The van der Waals surface area contributed by atoms with Crippen molar-refractivity contribution < 1.29 is 5.11 Å². The largest absolute Gasteiger partial charge is 0.389 e. The van der Waals surface area contributed by atoms with Gasteiger partial charge < -0.3 is 5.11 Å². The monoisotopic (exact) mass is 260 g/mol. The SMILES string of the molecule is CCCCCCCCCCCCPC(O)CC. The molecule has 0 spiro atoms. The van der Waals surface area contributed by atoms with Crippen molar-refractivity contribution in [3.63, 3.8) is 0 Å². The third-order valence-corrected chi connectivity index (χ3v) is 4.82. The molecule has 17 heavy (non-hydrogen) atoms. The molecule has 104 valence electrons. The van der Waals surface area contributed by atoms with Gasteiger partial charge in [0.1, 0.15) is 0 Å². The van der Waals surface area contributed by atoms with Gasteiger partial charge in [-0.15, -0.1) is 0 Å². The molecule has 0 radical (unpaired) electrons. The van der Waals surface area contributed by atoms with Gasteiger partial charge in [-0.2, -0.15) is 0 Å². The van der Waals surface area contributed by atoms with Crippen molar-refractivity contribution in [3.05, 3.63) is 0 Å². The molecule has 0 heterocycles. The first-order valence-corrected chi connectivity index (χ1v) is 9.01. The molecular weight excluding hydrogens is 227 g/mol. The van der Waals surface area contributed by atoms with Crippen LogP contribution < -0.4 is 0 Å². The molecule has 0 saturated heterocycles. The summed E-state index contributed by atoms with van der Waals surface area (Å²) in [5.41, 5.74) is 0. The van der Waals surface area contributed by atoms with E-state index in [1.165, 1.54) is 70.4 Å². The molecule has 0 aliphatic carbocycles. The molecule has 2 heteroatoms. The van der Waals surface area contributed by atoms with Crippen molar-refractivity contribution in [1.29, 1.82) is 0 Å². The summed E-state index contributed by atoms with van der Waals surface area (Å²) in [5.74, 6) is -0.0198. The summed E-state index contributed by atoms with van der Waals surface area (Å²) >= 11 is 0. The molecule has 0 aromatic heterocycles. The van der Waals surface area contributed by atoms with Crippen molar-refractivity contribution >= 4 is 8.58 Å². The van der Waals surface area contributed by atoms with Crippen LogP contribution in [0.4, 0.5) is 0 Å². The first-order chi connectivity index (χ1) is 8.31. The van der Waals surface area contributed by atoms with E-state index in [0.717, 1.165) is 15.0 Å². The molecule has 2 atom stereocenters. The Bertz CT molecular complexity index is 139. The van der Waals surface area contributed by atoms with Crippen LogP contribution in [-0.4, -0.2) is 17.1 Å². The van der Waals surface area contributed by atoms with Gasteiger partial charge >= 0.3 is 0 Å².